The van der Waals surface area contributed by atoms with Gasteiger partial charge in [-0.2, -0.15) is 0 Å². The predicted molar refractivity (Wildman–Crippen MR) is 39.7 cm³/mol. The Morgan fingerprint density at radius 2 is 2.12 bits per heavy atom. The third-order valence-electron chi connectivity index (χ3n) is 0.663. The summed E-state index contributed by atoms with van der Waals surface area (Å²) in [6.07, 6.45) is 2.32. The van der Waals surface area contributed by atoms with E-state index in [1.807, 2.05) is 6.92 Å². The average molecular weight is 173 g/mol. The van der Waals surface area contributed by atoms with Gasteiger partial charge in [0.05, 0.1) is 0 Å². The Hall–Kier alpha value is 0.610. The van der Waals surface area contributed by atoms with Crippen LogP contribution in [0.1, 0.15) is 13.3 Å². The molecule has 0 aliphatic rings. The molecule has 0 radical (unpaired) electrons. The second kappa shape index (κ2) is 4.49. The molecule has 0 aliphatic carbocycles. The first-order valence-electron chi connectivity index (χ1n) is 2.25. The second-order valence-electron chi connectivity index (χ2n) is 1.33. The van der Waals surface area contributed by atoms with Gasteiger partial charge < -0.3 is 0 Å². The maximum atomic E-state index is 5.55. The minimum atomic E-state index is -0.376. The van der Waals surface area contributed by atoms with E-state index in [0.717, 1.165) is 0 Å². The van der Waals surface area contributed by atoms with Crippen molar-refractivity contribution in [2.45, 2.75) is 18.2 Å². The molecule has 0 aromatic rings. The number of alkyl halides is 2. The minimum absolute atomic E-state index is 0.376. The number of halogens is 3. The highest BCUT2D eigenvalue weighted by molar-refractivity contribution is 6.45. The van der Waals surface area contributed by atoms with E-state index in [4.69, 9.17) is 34.8 Å². The van der Waals surface area contributed by atoms with Gasteiger partial charge in [-0.25, -0.2) is 0 Å². The predicted octanol–water partition coefficient (Wildman–Crippen LogP) is 3.32. The summed E-state index contributed by atoms with van der Waals surface area (Å²) < 4.78 is 0. The highest BCUT2D eigenvalue weighted by atomic mass is 35.5. The molecule has 0 unspecified atom stereocenters. The highest BCUT2D eigenvalue weighted by Crippen LogP contribution is 2.16. The number of hydrogen-bond acceptors (Lipinski definition) is 0. The van der Waals surface area contributed by atoms with Crippen LogP contribution < -0.4 is 0 Å². The van der Waals surface area contributed by atoms with Crippen LogP contribution in [-0.4, -0.2) is 4.84 Å². The summed E-state index contributed by atoms with van der Waals surface area (Å²) in [5.41, 5.74) is 0. The molecule has 0 amide bonds. The molecule has 0 aromatic heterocycles. The molecule has 0 nitrogen and oxygen atoms in total. The molecule has 8 heavy (non-hydrogen) atoms. The molecule has 0 bridgehead atoms. The van der Waals surface area contributed by atoms with Crippen molar-refractivity contribution in [3.05, 3.63) is 11.1 Å². The van der Waals surface area contributed by atoms with E-state index in [0.29, 0.717) is 11.5 Å². The van der Waals surface area contributed by atoms with Crippen molar-refractivity contribution in [1.29, 1.82) is 0 Å². The molecule has 0 saturated heterocycles. The largest absolute Gasteiger partial charge is 0.112 e. The van der Waals surface area contributed by atoms with E-state index >= 15 is 0 Å². The summed E-state index contributed by atoms with van der Waals surface area (Å²) in [7, 11) is 0. The van der Waals surface area contributed by atoms with Crippen LogP contribution in [0.3, 0.4) is 0 Å². The van der Waals surface area contributed by atoms with Crippen molar-refractivity contribution in [2.75, 3.05) is 0 Å². The first-order valence-corrected chi connectivity index (χ1v) is 3.50. The number of hydrogen-bond donors (Lipinski definition) is 0. The summed E-state index contributed by atoms with van der Waals surface area (Å²) >= 11 is 16.3. The first kappa shape index (κ1) is 8.61. The van der Waals surface area contributed by atoms with Gasteiger partial charge in [-0.05, 0) is 6.92 Å². The summed E-state index contributed by atoms with van der Waals surface area (Å²) in [6, 6.07) is 0. The third-order valence-corrected chi connectivity index (χ3v) is 1.34. The van der Waals surface area contributed by atoms with Gasteiger partial charge in [-0.3, -0.25) is 0 Å². The molecule has 0 fully saturated rings. The molecule has 0 aromatic carbocycles. The lowest BCUT2D eigenvalue weighted by molar-refractivity contribution is 1.13. The van der Waals surface area contributed by atoms with E-state index in [-0.39, 0.29) is 4.84 Å². The Labute approximate surface area is 64.4 Å². The zero-order valence-electron chi connectivity index (χ0n) is 4.50. The fourth-order valence-corrected chi connectivity index (χ4v) is 0.910. The van der Waals surface area contributed by atoms with Crippen LogP contribution in [0.15, 0.2) is 11.1 Å². The first-order chi connectivity index (χ1) is 3.66. The van der Waals surface area contributed by atoms with Crippen molar-refractivity contribution in [3.8, 4) is 0 Å². The van der Waals surface area contributed by atoms with Gasteiger partial charge in [0.2, 0.25) is 0 Å². The summed E-state index contributed by atoms with van der Waals surface area (Å²) in [5, 5.41) is 0.708. The van der Waals surface area contributed by atoms with Crippen LogP contribution >= 0.6 is 34.8 Å². The summed E-state index contributed by atoms with van der Waals surface area (Å²) in [5.74, 6) is 0. The molecule has 0 aliphatic heterocycles. The zero-order valence-corrected chi connectivity index (χ0v) is 6.76. The standard InChI is InChI=1S/C5H7Cl3/c1-2-4(6)3-5(7)8/h2,5H,3H2,1H3/b4-2+. The van der Waals surface area contributed by atoms with Crippen LogP contribution in [0.2, 0.25) is 0 Å². The SMILES string of the molecule is C/C=C(/Cl)CC(Cl)Cl. The minimum Gasteiger partial charge on any atom is -0.105 e. The van der Waals surface area contributed by atoms with Gasteiger partial charge in [-0.1, -0.05) is 17.7 Å². The number of allylic oxidation sites excluding steroid dienone is 2. The Bertz CT molecular complexity index is 85.7. The van der Waals surface area contributed by atoms with E-state index in [1.165, 1.54) is 0 Å². The second-order valence-corrected chi connectivity index (χ2v) is 3.09. The van der Waals surface area contributed by atoms with Crippen molar-refractivity contribution in [2.24, 2.45) is 0 Å². The molecule has 48 valence electrons. The van der Waals surface area contributed by atoms with Gasteiger partial charge in [0.25, 0.3) is 0 Å². The van der Waals surface area contributed by atoms with Crippen LogP contribution in [0.4, 0.5) is 0 Å². The fraction of sp³-hybridized carbons (Fsp3) is 0.600. The molecule has 0 spiro atoms. The fourth-order valence-electron chi connectivity index (χ4n) is 0.265. The monoisotopic (exact) mass is 172 g/mol. The Morgan fingerprint density at radius 3 is 2.25 bits per heavy atom. The lowest BCUT2D eigenvalue weighted by atomic mass is 10.4. The Kier molecular flexibility index (Phi) is 4.83. The smallest absolute Gasteiger partial charge is 0.105 e. The van der Waals surface area contributed by atoms with Crippen LogP contribution in [-0.2, 0) is 0 Å². The van der Waals surface area contributed by atoms with E-state index in [1.54, 1.807) is 6.08 Å². The molecular weight excluding hydrogens is 166 g/mol. The van der Waals surface area contributed by atoms with Gasteiger partial charge in [-0.15, -0.1) is 23.2 Å². The van der Waals surface area contributed by atoms with Crippen molar-refractivity contribution in [3.63, 3.8) is 0 Å². The summed E-state index contributed by atoms with van der Waals surface area (Å²) in [6.45, 7) is 1.85. The van der Waals surface area contributed by atoms with Crippen molar-refractivity contribution >= 4 is 34.8 Å². The van der Waals surface area contributed by atoms with E-state index in [2.05, 4.69) is 0 Å². The van der Waals surface area contributed by atoms with Gasteiger partial charge >= 0.3 is 0 Å². The molecule has 0 atom stereocenters. The Morgan fingerprint density at radius 1 is 1.62 bits per heavy atom. The quantitative estimate of drug-likeness (QED) is 0.562. The maximum Gasteiger partial charge on any atom is 0.112 e. The molecule has 3 heteroatoms. The highest BCUT2D eigenvalue weighted by Gasteiger charge is 1.98. The maximum absolute atomic E-state index is 5.55. The van der Waals surface area contributed by atoms with E-state index in [9.17, 15) is 0 Å². The normalized spacial score (nSPS) is 12.9. The number of rotatable bonds is 2. The molecular formula is C5H7Cl3. The van der Waals surface area contributed by atoms with Crippen LogP contribution in [0, 0.1) is 0 Å². The topological polar surface area (TPSA) is 0 Å². The van der Waals surface area contributed by atoms with Gasteiger partial charge in [0, 0.05) is 11.5 Å². The Balaban J connectivity index is 3.39. The molecule has 0 rings (SSSR count). The van der Waals surface area contributed by atoms with Crippen molar-refractivity contribution in [1.82, 2.24) is 0 Å². The molecule has 0 heterocycles. The van der Waals surface area contributed by atoms with E-state index < -0.39 is 0 Å². The lowest BCUT2D eigenvalue weighted by Gasteiger charge is -1.95. The zero-order chi connectivity index (χ0) is 6.57. The van der Waals surface area contributed by atoms with Gasteiger partial charge in [0.1, 0.15) is 4.84 Å². The van der Waals surface area contributed by atoms with Gasteiger partial charge in [0.15, 0.2) is 0 Å². The summed E-state index contributed by atoms with van der Waals surface area (Å²) in [4.78, 5) is -0.376. The average Bonchev–Trinajstić information content (AvgIpc) is 1.65. The molecule has 0 saturated carbocycles. The third kappa shape index (κ3) is 4.76. The van der Waals surface area contributed by atoms with Crippen LogP contribution in [0.25, 0.3) is 0 Å². The lowest BCUT2D eigenvalue weighted by Crippen LogP contribution is -1.84. The van der Waals surface area contributed by atoms with Crippen molar-refractivity contribution < 1.29 is 0 Å². The van der Waals surface area contributed by atoms with Crippen LogP contribution in [0.5, 0.6) is 0 Å². The molecule has 0 N–H and O–H groups in total.